The summed E-state index contributed by atoms with van der Waals surface area (Å²) in [5.41, 5.74) is 1.69. The van der Waals surface area contributed by atoms with Gasteiger partial charge < -0.3 is 10.6 Å². The molecule has 4 heteroatoms. The third-order valence-corrected chi connectivity index (χ3v) is 9.66. The van der Waals surface area contributed by atoms with Gasteiger partial charge in [0.2, 0.25) is 0 Å². The largest absolute Gasteiger partial charge is 0.389 e. The number of hydrogen-bond acceptors (Lipinski definition) is 4. The molecule has 0 aromatic rings. The van der Waals surface area contributed by atoms with Crippen molar-refractivity contribution in [3.63, 3.8) is 0 Å². The predicted octanol–water partition coefficient (Wildman–Crippen LogP) is 3.98. The van der Waals surface area contributed by atoms with Gasteiger partial charge in [-0.2, -0.15) is 0 Å². The summed E-state index contributed by atoms with van der Waals surface area (Å²) in [5, 5.41) is 6.66. The molecule has 4 rings (SSSR count). The molecule has 0 aromatic heterocycles. The summed E-state index contributed by atoms with van der Waals surface area (Å²) < 4.78 is 0. The maximum atomic E-state index is 12.8. The number of hydrogen-bond donors (Lipinski definition) is 2. The Morgan fingerprint density at radius 3 is 1.39 bits per heavy atom. The van der Waals surface area contributed by atoms with E-state index in [1.807, 2.05) is 12.4 Å². The molecule has 0 amide bonds. The van der Waals surface area contributed by atoms with Gasteiger partial charge >= 0.3 is 0 Å². The van der Waals surface area contributed by atoms with Crippen LogP contribution in [-0.2, 0) is 9.59 Å². The maximum absolute atomic E-state index is 12.8. The zero-order valence-corrected chi connectivity index (χ0v) is 18.4. The van der Waals surface area contributed by atoms with Gasteiger partial charge in [0.25, 0.3) is 0 Å². The van der Waals surface area contributed by atoms with E-state index < -0.39 is 0 Å². The highest BCUT2D eigenvalue weighted by Crippen LogP contribution is 2.66. The van der Waals surface area contributed by atoms with Crippen LogP contribution in [0.5, 0.6) is 0 Å². The lowest BCUT2D eigenvalue weighted by atomic mass is 9.70. The molecule has 4 nitrogen and oxygen atoms in total. The van der Waals surface area contributed by atoms with E-state index in [9.17, 15) is 9.59 Å². The minimum atomic E-state index is -0.196. The molecule has 0 heterocycles. The van der Waals surface area contributed by atoms with E-state index in [-0.39, 0.29) is 21.7 Å². The number of fused-ring (bicyclic) bond motifs is 4. The molecule has 0 radical (unpaired) electrons. The minimum absolute atomic E-state index is 0.0608. The fraction of sp³-hybridized carbons (Fsp3) is 0.750. The second-order valence-electron chi connectivity index (χ2n) is 11.1. The number of ketones is 2. The lowest BCUT2D eigenvalue weighted by Crippen LogP contribution is -2.32. The van der Waals surface area contributed by atoms with Crippen molar-refractivity contribution in [2.75, 3.05) is 13.1 Å². The summed E-state index contributed by atoms with van der Waals surface area (Å²) in [4.78, 5) is 25.7. The van der Waals surface area contributed by atoms with Gasteiger partial charge in [0.15, 0.2) is 11.6 Å². The average molecular weight is 385 g/mol. The van der Waals surface area contributed by atoms with E-state index in [0.717, 1.165) is 49.9 Å². The molecule has 4 bridgehead atoms. The molecule has 4 atom stereocenters. The van der Waals surface area contributed by atoms with E-state index in [4.69, 9.17) is 0 Å². The summed E-state index contributed by atoms with van der Waals surface area (Å²) in [5.74, 6) is 1.42. The Labute approximate surface area is 169 Å². The highest BCUT2D eigenvalue weighted by atomic mass is 16.1. The van der Waals surface area contributed by atoms with E-state index >= 15 is 0 Å². The Kier molecular flexibility index (Phi) is 4.20. The third kappa shape index (κ3) is 2.23. The Hall–Kier alpha value is -1.58. The smallest absolute Gasteiger partial charge is 0.167 e. The number of Topliss-reactive ketones (excluding diaryl/α,β-unsaturated/α-hetero) is 2. The summed E-state index contributed by atoms with van der Waals surface area (Å²) in [6.07, 6.45) is 8.18. The van der Waals surface area contributed by atoms with Crippen LogP contribution in [0.4, 0.5) is 0 Å². The first-order valence-corrected chi connectivity index (χ1v) is 10.9. The van der Waals surface area contributed by atoms with E-state index in [1.54, 1.807) is 0 Å². The van der Waals surface area contributed by atoms with E-state index in [1.165, 1.54) is 0 Å². The van der Waals surface area contributed by atoms with Crippen LogP contribution in [0.2, 0.25) is 0 Å². The molecular formula is C24H36N2O2. The molecule has 0 saturated heterocycles. The first kappa shape index (κ1) is 19.7. The Morgan fingerprint density at radius 2 is 1.11 bits per heavy atom. The van der Waals surface area contributed by atoms with Crippen LogP contribution in [0.3, 0.4) is 0 Å². The van der Waals surface area contributed by atoms with Crippen LogP contribution >= 0.6 is 0 Å². The lowest BCUT2D eigenvalue weighted by Gasteiger charge is -2.31. The predicted molar refractivity (Wildman–Crippen MR) is 111 cm³/mol. The van der Waals surface area contributed by atoms with Crippen LogP contribution in [0, 0.1) is 33.5 Å². The second-order valence-corrected chi connectivity index (χ2v) is 11.1. The van der Waals surface area contributed by atoms with Crippen LogP contribution in [-0.4, -0.2) is 24.7 Å². The first-order valence-electron chi connectivity index (χ1n) is 10.9. The fourth-order valence-corrected chi connectivity index (χ4v) is 6.70. The highest BCUT2D eigenvalue weighted by Gasteiger charge is 2.64. The highest BCUT2D eigenvalue weighted by molar-refractivity contribution is 6.05. The minimum Gasteiger partial charge on any atom is -0.389 e. The van der Waals surface area contributed by atoms with Gasteiger partial charge in [-0.05, 0) is 48.3 Å². The summed E-state index contributed by atoms with van der Waals surface area (Å²) in [6.45, 7) is 14.7. The molecule has 154 valence electrons. The molecular weight excluding hydrogens is 348 g/mol. The average Bonchev–Trinajstić information content (AvgIpc) is 3.10. The normalized spacial score (nSPS) is 42.8. The zero-order chi connectivity index (χ0) is 20.5. The van der Waals surface area contributed by atoms with Crippen molar-refractivity contribution in [1.82, 2.24) is 10.6 Å². The fourth-order valence-electron chi connectivity index (χ4n) is 6.70. The van der Waals surface area contributed by atoms with Gasteiger partial charge in [0.05, 0.1) is 0 Å². The number of carbonyl (C=O) groups is 2. The molecule has 28 heavy (non-hydrogen) atoms. The Bertz CT molecular complexity index is 724. The van der Waals surface area contributed by atoms with Crippen LogP contribution in [0.1, 0.15) is 67.2 Å². The molecule has 4 aliphatic rings. The Morgan fingerprint density at radius 1 is 0.750 bits per heavy atom. The molecule has 4 fully saturated rings. The summed E-state index contributed by atoms with van der Waals surface area (Å²) in [6, 6.07) is 0. The van der Waals surface area contributed by atoms with Crippen molar-refractivity contribution in [2.45, 2.75) is 67.2 Å². The van der Waals surface area contributed by atoms with Crippen molar-refractivity contribution >= 4 is 11.6 Å². The third-order valence-electron chi connectivity index (χ3n) is 9.66. The van der Waals surface area contributed by atoms with Gasteiger partial charge in [-0.25, -0.2) is 0 Å². The maximum Gasteiger partial charge on any atom is 0.167 e. The van der Waals surface area contributed by atoms with Crippen molar-refractivity contribution < 1.29 is 9.59 Å². The van der Waals surface area contributed by atoms with Crippen molar-refractivity contribution in [3.8, 4) is 0 Å². The van der Waals surface area contributed by atoms with E-state index in [0.29, 0.717) is 23.4 Å². The lowest BCUT2D eigenvalue weighted by molar-refractivity contribution is -0.126. The van der Waals surface area contributed by atoms with Gasteiger partial charge in [0, 0.05) is 47.5 Å². The van der Waals surface area contributed by atoms with Gasteiger partial charge in [0.1, 0.15) is 0 Å². The molecule has 4 saturated carbocycles. The molecule has 4 aliphatic carbocycles. The first-order chi connectivity index (χ1) is 13.0. The second kappa shape index (κ2) is 5.96. The number of rotatable bonds is 5. The standard InChI is InChI=1S/C24H36N2O2/c1-21(2)17-7-9-23(21,5)19(27)15(17)13-25-11-12-26-14-16-18-8-10-24(6,20(16)28)22(18,3)4/h13-14,17-18,25-26H,7-12H2,1-6H3/b15-13+,16-14+. The quantitative estimate of drug-likeness (QED) is 0.556. The summed E-state index contributed by atoms with van der Waals surface area (Å²) in [7, 11) is 0. The molecule has 0 aromatic carbocycles. The molecule has 2 N–H and O–H groups in total. The number of nitrogens with one attached hydrogen (secondary N) is 2. The SMILES string of the molecule is CC12CCC(/C(=C\NCCN/C=C3/C(=O)C4(C)CCC3C4(C)C)C1=O)C2(C)C. The van der Waals surface area contributed by atoms with Gasteiger partial charge in [-0.15, -0.1) is 0 Å². The van der Waals surface area contributed by atoms with Gasteiger partial charge in [-0.3, -0.25) is 9.59 Å². The zero-order valence-electron chi connectivity index (χ0n) is 18.4. The van der Waals surface area contributed by atoms with Crippen molar-refractivity contribution in [1.29, 1.82) is 0 Å². The van der Waals surface area contributed by atoms with Gasteiger partial charge in [-0.1, -0.05) is 41.5 Å². The Balaban J connectivity index is 1.32. The van der Waals surface area contributed by atoms with Crippen molar-refractivity contribution in [2.24, 2.45) is 33.5 Å². The van der Waals surface area contributed by atoms with Crippen LogP contribution in [0.25, 0.3) is 0 Å². The summed E-state index contributed by atoms with van der Waals surface area (Å²) >= 11 is 0. The topological polar surface area (TPSA) is 58.2 Å². The van der Waals surface area contributed by atoms with E-state index in [2.05, 4.69) is 52.2 Å². The van der Waals surface area contributed by atoms with Crippen LogP contribution < -0.4 is 10.6 Å². The van der Waals surface area contributed by atoms with Crippen LogP contribution in [0.15, 0.2) is 23.5 Å². The molecule has 4 unspecified atom stereocenters. The molecule has 0 aliphatic heterocycles. The number of allylic oxidation sites excluding steroid dienone is 2. The van der Waals surface area contributed by atoms with Crippen molar-refractivity contribution in [3.05, 3.63) is 23.5 Å². The monoisotopic (exact) mass is 384 g/mol. The molecule has 0 spiro atoms. The number of carbonyl (C=O) groups excluding carboxylic acids is 2.